The molecule has 1 aliphatic heterocycles. The summed E-state index contributed by atoms with van der Waals surface area (Å²) in [4.78, 5) is 5.78. The van der Waals surface area contributed by atoms with Gasteiger partial charge in [0.15, 0.2) is 11.6 Å². The third-order valence-electron chi connectivity index (χ3n) is 5.04. The van der Waals surface area contributed by atoms with Gasteiger partial charge in [0.05, 0.1) is 17.6 Å². The first-order valence-corrected chi connectivity index (χ1v) is 9.14. The smallest absolute Gasteiger partial charge is 0.166 e. The Morgan fingerprint density at radius 2 is 2.10 bits per heavy atom. The van der Waals surface area contributed by atoms with Crippen LogP contribution in [0.3, 0.4) is 0 Å². The first-order valence-electron chi connectivity index (χ1n) is 9.14. The lowest BCUT2D eigenvalue weighted by Gasteiger charge is -2.20. The number of aryl methyl sites for hydroxylation is 1. The number of hydrogen-bond acceptors (Lipinski definition) is 6. The average molecular weight is 391 g/mol. The number of pyridine rings is 1. The summed E-state index contributed by atoms with van der Waals surface area (Å²) in [7, 11) is 1.76. The van der Waals surface area contributed by atoms with E-state index in [4.69, 9.17) is 10.5 Å². The Kier molecular flexibility index (Phi) is 3.83. The second-order valence-electron chi connectivity index (χ2n) is 7.03. The standard InChI is InChI=1S/C20H18FN7O/c1-10-15-7-13(21)3-4-14(15)19-16(26-28(2)27-19)5-11-9-24-25-18(11)12-6-17(29-10)20(22)23-8-12/h3-4,6-10H,5H2,1-2H3,(H2,22,23)(H,24,25)/t10-/m1/s1. The number of hydrogen-bond donors (Lipinski definition) is 2. The number of benzene rings is 1. The third-order valence-corrected chi connectivity index (χ3v) is 5.04. The van der Waals surface area contributed by atoms with E-state index in [2.05, 4.69) is 25.4 Å². The quantitative estimate of drug-likeness (QED) is 0.477. The van der Waals surface area contributed by atoms with Crippen molar-refractivity contribution in [2.24, 2.45) is 7.05 Å². The van der Waals surface area contributed by atoms with Crippen LogP contribution in [-0.4, -0.2) is 30.2 Å². The fourth-order valence-electron chi connectivity index (χ4n) is 3.68. The molecule has 1 aromatic carbocycles. The van der Waals surface area contributed by atoms with Crippen LogP contribution in [0.15, 0.2) is 36.7 Å². The van der Waals surface area contributed by atoms with Crippen LogP contribution < -0.4 is 10.5 Å². The molecule has 3 aromatic heterocycles. The van der Waals surface area contributed by atoms with E-state index in [0.717, 1.165) is 28.1 Å². The van der Waals surface area contributed by atoms with Gasteiger partial charge in [-0.15, -0.1) is 0 Å². The Balaban J connectivity index is 1.79. The normalized spacial score (nSPS) is 15.3. The minimum atomic E-state index is -0.490. The molecular formula is C20H18FN7O. The molecule has 5 rings (SSSR count). The summed E-state index contributed by atoms with van der Waals surface area (Å²) in [5.41, 5.74) is 11.4. The number of nitrogens with zero attached hydrogens (tertiary/aromatic N) is 5. The van der Waals surface area contributed by atoms with Gasteiger partial charge in [0, 0.05) is 41.9 Å². The van der Waals surface area contributed by atoms with Gasteiger partial charge in [-0.3, -0.25) is 5.10 Å². The van der Waals surface area contributed by atoms with E-state index in [0.29, 0.717) is 23.4 Å². The van der Waals surface area contributed by atoms with Crippen LogP contribution in [-0.2, 0) is 13.5 Å². The molecule has 0 radical (unpaired) electrons. The fraction of sp³-hybridized carbons (Fsp3) is 0.200. The van der Waals surface area contributed by atoms with Crippen LogP contribution in [0.5, 0.6) is 5.75 Å². The average Bonchev–Trinajstić information content (AvgIpc) is 3.29. The molecule has 3 N–H and O–H groups in total. The van der Waals surface area contributed by atoms with Gasteiger partial charge in [0.2, 0.25) is 0 Å². The molecule has 8 nitrogen and oxygen atoms in total. The zero-order chi connectivity index (χ0) is 20.1. The number of halogens is 1. The van der Waals surface area contributed by atoms with Gasteiger partial charge in [-0.1, -0.05) is 0 Å². The zero-order valence-corrected chi connectivity index (χ0v) is 15.8. The van der Waals surface area contributed by atoms with E-state index in [1.807, 2.05) is 13.0 Å². The minimum Gasteiger partial charge on any atom is -0.482 e. The molecule has 1 aliphatic rings. The van der Waals surface area contributed by atoms with E-state index in [9.17, 15) is 4.39 Å². The highest BCUT2D eigenvalue weighted by Gasteiger charge is 2.24. The highest BCUT2D eigenvalue weighted by molar-refractivity contribution is 5.70. The molecule has 146 valence electrons. The molecule has 0 saturated carbocycles. The predicted molar refractivity (Wildman–Crippen MR) is 104 cm³/mol. The number of aromatic amines is 1. The lowest BCUT2D eigenvalue weighted by molar-refractivity contribution is 0.227. The summed E-state index contributed by atoms with van der Waals surface area (Å²) in [6, 6.07) is 6.39. The molecule has 0 spiro atoms. The topological polar surface area (TPSA) is 108 Å². The van der Waals surface area contributed by atoms with Gasteiger partial charge in [-0.2, -0.15) is 20.1 Å². The number of H-pyrrole nitrogens is 1. The first kappa shape index (κ1) is 17.4. The Bertz CT molecular complexity index is 1230. The lowest BCUT2D eigenvalue weighted by atomic mass is 9.96. The van der Waals surface area contributed by atoms with Crippen LogP contribution in [0.4, 0.5) is 10.2 Å². The monoisotopic (exact) mass is 391 g/mol. The number of aromatic nitrogens is 6. The van der Waals surface area contributed by atoms with Gasteiger partial charge in [0.25, 0.3) is 0 Å². The SMILES string of the molecule is C[C@H]1Oc2cc(cnc2N)-c2[nH]ncc2Cc2nn(C)nc2-c2ccc(F)cc21. The zero-order valence-electron chi connectivity index (χ0n) is 15.8. The molecule has 4 aromatic rings. The van der Waals surface area contributed by atoms with Crippen molar-refractivity contribution in [1.29, 1.82) is 0 Å². The largest absolute Gasteiger partial charge is 0.482 e. The van der Waals surface area contributed by atoms with Crippen molar-refractivity contribution in [3.63, 3.8) is 0 Å². The Morgan fingerprint density at radius 3 is 2.97 bits per heavy atom. The number of fused-ring (bicyclic) bond motifs is 7. The first-order chi connectivity index (χ1) is 14.0. The summed E-state index contributed by atoms with van der Waals surface area (Å²) in [5, 5.41) is 16.3. The minimum absolute atomic E-state index is 0.261. The number of nitrogens with two attached hydrogens (primary N) is 1. The van der Waals surface area contributed by atoms with Crippen molar-refractivity contribution >= 4 is 5.82 Å². The molecule has 29 heavy (non-hydrogen) atoms. The maximum atomic E-state index is 14.1. The predicted octanol–water partition coefficient (Wildman–Crippen LogP) is 3.03. The van der Waals surface area contributed by atoms with Crippen molar-refractivity contribution < 1.29 is 9.13 Å². The molecular weight excluding hydrogens is 373 g/mol. The molecule has 0 unspecified atom stereocenters. The van der Waals surface area contributed by atoms with E-state index in [1.165, 1.54) is 16.9 Å². The van der Waals surface area contributed by atoms with E-state index < -0.39 is 6.10 Å². The summed E-state index contributed by atoms with van der Waals surface area (Å²) >= 11 is 0. The van der Waals surface area contributed by atoms with Crippen molar-refractivity contribution in [3.8, 4) is 28.3 Å². The Labute approximate surface area is 165 Å². The van der Waals surface area contributed by atoms with Crippen LogP contribution in [0.1, 0.15) is 29.8 Å². The van der Waals surface area contributed by atoms with Crippen molar-refractivity contribution in [2.45, 2.75) is 19.4 Å². The second-order valence-corrected chi connectivity index (χ2v) is 7.03. The van der Waals surface area contributed by atoms with Gasteiger partial charge in [0.1, 0.15) is 17.6 Å². The molecule has 0 aliphatic carbocycles. The number of nitrogen functional groups attached to an aromatic ring is 1. The number of nitrogens with one attached hydrogen (secondary N) is 1. The molecule has 9 heteroatoms. The van der Waals surface area contributed by atoms with Crippen LogP contribution >= 0.6 is 0 Å². The van der Waals surface area contributed by atoms with Crippen molar-refractivity contribution in [3.05, 3.63) is 59.3 Å². The van der Waals surface area contributed by atoms with Crippen LogP contribution in [0.2, 0.25) is 0 Å². The number of ether oxygens (including phenoxy) is 1. The van der Waals surface area contributed by atoms with E-state index in [1.54, 1.807) is 25.5 Å². The van der Waals surface area contributed by atoms with Crippen molar-refractivity contribution in [1.82, 2.24) is 30.2 Å². The van der Waals surface area contributed by atoms with Gasteiger partial charge >= 0.3 is 0 Å². The van der Waals surface area contributed by atoms with Crippen LogP contribution in [0, 0.1) is 5.82 Å². The summed E-state index contributed by atoms with van der Waals surface area (Å²) in [6.07, 6.45) is 3.43. The fourth-order valence-corrected chi connectivity index (χ4v) is 3.68. The summed E-state index contributed by atoms with van der Waals surface area (Å²) in [6.45, 7) is 1.84. The second kappa shape index (κ2) is 6.40. The third kappa shape index (κ3) is 2.91. The number of anilines is 1. The molecule has 0 fully saturated rings. The molecule has 4 heterocycles. The maximum Gasteiger partial charge on any atom is 0.166 e. The van der Waals surface area contributed by atoms with Gasteiger partial charge < -0.3 is 10.5 Å². The van der Waals surface area contributed by atoms with Gasteiger partial charge in [-0.05, 0) is 31.2 Å². The molecule has 0 saturated heterocycles. The maximum absolute atomic E-state index is 14.1. The van der Waals surface area contributed by atoms with E-state index >= 15 is 0 Å². The van der Waals surface area contributed by atoms with E-state index in [-0.39, 0.29) is 11.6 Å². The Morgan fingerprint density at radius 1 is 1.24 bits per heavy atom. The van der Waals surface area contributed by atoms with Crippen LogP contribution in [0.25, 0.3) is 22.5 Å². The molecule has 0 amide bonds. The lowest BCUT2D eigenvalue weighted by Crippen LogP contribution is -2.09. The summed E-state index contributed by atoms with van der Waals surface area (Å²) < 4.78 is 20.2. The molecule has 2 bridgehead atoms. The van der Waals surface area contributed by atoms with Crippen molar-refractivity contribution in [2.75, 3.05) is 5.73 Å². The molecule has 1 atom stereocenters. The number of rotatable bonds is 0. The summed E-state index contributed by atoms with van der Waals surface area (Å²) in [5.74, 6) is 0.330. The van der Waals surface area contributed by atoms with Gasteiger partial charge in [-0.25, -0.2) is 9.37 Å². The highest BCUT2D eigenvalue weighted by Crippen LogP contribution is 2.37. The Hall–Kier alpha value is -3.75. The highest BCUT2D eigenvalue weighted by atomic mass is 19.1.